The summed E-state index contributed by atoms with van der Waals surface area (Å²) in [6.07, 6.45) is 4.09. The van der Waals surface area contributed by atoms with E-state index >= 15 is 0 Å². The number of carbonyl (C=O) groups excluding carboxylic acids is 1. The maximum Gasteiger partial charge on any atom is 0.244 e. The third-order valence-electron chi connectivity index (χ3n) is 3.16. The van der Waals surface area contributed by atoms with E-state index in [1.165, 1.54) is 11.6 Å². The maximum atomic E-state index is 11.8. The van der Waals surface area contributed by atoms with E-state index in [1.54, 1.807) is 13.2 Å². The largest absolute Gasteiger partial charge is 0.496 e. The zero-order valence-corrected chi connectivity index (χ0v) is 14.0. The number of hydrogen-bond acceptors (Lipinski definition) is 2. The van der Waals surface area contributed by atoms with Crippen molar-refractivity contribution >= 4 is 27.9 Å². The average Bonchev–Trinajstić information content (AvgIpc) is 2.54. The molecule has 1 N–H and O–H groups in total. The topological polar surface area (TPSA) is 38.3 Å². The van der Waals surface area contributed by atoms with Gasteiger partial charge in [-0.05, 0) is 36.3 Å². The molecule has 0 atom stereocenters. The van der Waals surface area contributed by atoms with E-state index in [-0.39, 0.29) is 5.91 Å². The van der Waals surface area contributed by atoms with Gasteiger partial charge in [0.05, 0.1) is 7.11 Å². The quantitative estimate of drug-likeness (QED) is 0.796. The lowest BCUT2D eigenvalue weighted by atomic mass is 10.1. The van der Waals surface area contributed by atoms with Crippen molar-refractivity contribution in [2.24, 2.45) is 0 Å². The van der Waals surface area contributed by atoms with Crippen molar-refractivity contribution in [3.63, 3.8) is 0 Å². The predicted octanol–water partition coefficient (Wildman–Crippen LogP) is 3.83. The Morgan fingerprint density at radius 2 is 2.00 bits per heavy atom. The minimum atomic E-state index is -0.113. The zero-order valence-electron chi connectivity index (χ0n) is 12.4. The Kier molecular flexibility index (Phi) is 6.22. The first-order valence-electron chi connectivity index (χ1n) is 7.02. The summed E-state index contributed by atoms with van der Waals surface area (Å²) in [5.74, 6) is 0.620. The highest BCUT2D eigenvalue weighted by Gasteiger charge is 2.01. The van der Waals surface area contributed by atoms with Crippen molar-refractivity contribution in [2.75, 3.05) is 13.7 Å². The SMILES string of the molecule is COc1ccc(Br)cc1C=CC(=O)NCCc1ccccc1. The van der Waals surface area contributed by atoms with Crippen LogP contribution in [0, 0.1) is 0 Å². The first kappa shape index (κ1) is 16.3. The third kappa shape index (κ3) is 5.04. The Morgan fingerprint density at radius 3 is 2.73 bits per heavy atom. The van der Waals surface area contributed by atoms with Gasteiger partial charge in [-0.3, -0.25) is 4.79 Å². The molecule has 22 heavy (non-hydrogen) atoms. The molecular formula is C18H18BrNO2. The summed E-state index contributed by atoms with van der Waals surface area (Å²) < 4.78 is 6.21. The molecule has 4 heteroatoms. The second kappa shape index (κ2) is 8.39. The molecule has 0 bridgehead atoms. The molecule has 3 nitrogen and oxygen atoms in total. The molecule has 0 aromatic heterocycles. The number of benzene rings is 2. The summed E-state index contributed by atoms with van der Waals surface area (Å²) in [7, 11) is 1.61. The van der Waals surface area contributed by atoms with Crippen molar-refractivity contribution in [1.82, 2.24) is 5.32 Å². The van der Waals surface area contributed by atoms with Crippen LogP contribution in [0.4, 0.5) is 0 Å². The van der Waals surface area contributed by atoms with Crippen molar-refractivity contribution in [2.45, 2.75) is 6.42 Å². The normalized spacial score (nSPS) is 10.6. The van der Waals surface area contributed by atoms with Gasteiger partial charge in [-0.15, -0.1) is 0 Å². The Balaban J connectivity index is 1.87. The second-order valence-electron chi connectivity index (χ2n) is 4.75. The van der Waals surface area contributed by atoms with Crippen LogP contribution in [0.1, 0.15) is 11.1 Å². The van der Waals surface area contributed by atoms with E-state index in [1.807, 2.05) is 48.5 Å². The lowest BCUT2D eigenvalue weighted by molar-refractivity contribution is -0.116. The van der Waals surface area contributed by atoms with E-state index in [4.69, 9.17) is 4.74 Å². The standard InChI is InChI=1S/C18H18BrNO2/c1-22-17-9-8-16(19)13-15(17)7-10-18(21)20-12-11-14-5-3-2-4-6-14/h2-10,13H,11-12H2,1H3,(H,20,21). The van der Waals surface area contributed by atoms with E-state index in [9.17, 15) is 4.79 Å². The Labute approximate surface area is 139 Å². The number of rotatable bonds is 6. The molecule has 0 spiro atoms. The van der Waals surface area contributed by atoms with E-state index in [2.05, 4.69) is 21.2 Å². The van der Waals surface area contributed by atoms with Gasteiger partial charge in [0.15, 0.2) is 0 Å². The number of nitrogens with one attached hydrogen (secondary N) is 1. The van der Waals surface area contributed by atoms with Gasteiger partial charge in [-0.2, -0.15) is 0 Å². The summed E-state index contributed by atoms with van der Waals surface area (Å²) in [6.45, 7) is 0.614. The van der Waals surface area contributed by atoms with Crippen LogP contribution >= 0.6 is 15.9 Å². The van der Waals surface area contributed by atoms with Crippen molar-refractivity contribution in [3.05, 3.63) is 70.2 Å². The fourth-order valence-corrected chi connectivity index (χ4v) is 2.41. The average molecular weight is 360 g/mol. The number of halogens is 1. The van der Waals surface area contributed by atoms with Gasteiger partial charge in [0.25, 0.3) is 0 Å². The molecule has 0 saturated heterocycles. The highest BCUT2D eigenvalue weighted by Crippen LogP contribution is 2.23. The van der Waals surface area contributed by atoms with Crippen molar-refractivity contribution < 1.29 is 9.53 Å². The minimum Gasteiger partial charge on any atom is -0.496 e. The maximum absolute atomic E-state index is 11.8. The van der Waals surface area contributed by atoms with Gasteiger partial charge in [0, 0.05) is 22.7 Å². The summed E-state index contributed by atoms with van der Waals surface area (Å²) in [5, 5.41) is 2.88. The molecule has 0 aliphatic rings. The van der Waals surface area contributed by atoms with Gasteiger partial charge in [-0.25, -0.2) is 0 Å². The van der Waals surface area contributed by atoms with E-state index in [0.717, 1.165) is 22.2 Å². The molecule has 2 rings (SSSR count). The fraction of sp³-hybridized carbons (Fsp3) is 0.167. The van der Waals surface area contributed by atoms with Crippen LogP contribution in [0.3, 0.4) is 0 Å². The van der Waals surface area contributed by atoms with Crippen LogP contribution in [0.25, 0.3) is 6.08 Å². The number of methoxy groups -OCH3 is 1. The van der Waals surface area contributed by atoms with Gasteiger partial charge in [0.1, 0.15) is 5.75 Å². The van der Waals surface area contributed by atoms with Gasteiger partial charge in [-0.1, -0.05) is 46.3 Å². The smallest absolute Gasteiger partial charge is 0.244 e. The summed E-state index contributed by atoms with van der Waals surface area (Å²) in [5.41, 5.74) is 2.07. The monoisotopic (exact) mass is 359 g/mol. The molecule has 114 valence electrons. The van der Waals surface area contributed by atoms with E-state index < -0.39 is 0 Å². The van der Waals surface area contributed by atoms with Gasteiger partial charge < -0.3 is 10.1 Å². The molecule has 2 aromatic rings. The molecule has 0 heterocycles. The Bertz CT molecular complexity index is 653. The Hall–Kier alpha value is -2.07. The molecule has 0 fully saturated rings. The summed E-state index contributed by atoms with van der Waals surface area (Å²) in [4.78, 5) is 11.8. The first-order chi connectivity index (χ1) is 10.7. The number of amides is 1. The van der Waals surface area contributed by atoms with Gasteiger partial charge >= 0.3 is 0 Å². The molecule has 0 radical (unpaired) electrons. The second-order valence-corrected chi connectivity index (χ2v) is 5.66. The fourth-order valence-electron chi connectivity index (χ4n) is 2.03. The van der Waals surface area contributed by atoms with Crippen molar-refractivity contribution in [1.29, 1.82) is 0 Å². The van der Waals surface area contributed by atoms with Crippen molar-refractivity contribution in [3.8, 4) is 5.75 Å². The van der Waals surface area contributed by atoms with Crippen LogP contribution in [-0.4, -0.2) is 19.6 Å². The lowest BCUT2D eigenvalue weighted by Gasteiger charge is -2.05. The lowest BCUT2D eigenvalue weighted by Crippen LogP contribution is -2.23. The number of hydrogen-bond donors (Lipinski definition) is 1. The van der Waals surface area contributed by atoms with Crippen LogP contribution in [-0.2, 0) is 11.2 Å². The third-order valence-corrected chi connectivity index (χ3v) is 3.65. The zero-order chi connectivity index (χ0) is 15.8. The van der Waals surface area contributed by atoms with Gasteiger partial charge in [0.2, 0.25) is 5.91 Å². The summed E-state index contributed by atoms with van der Waals surface area (Å²) in [6, 6.07) is 15.7. The highest BCUT2D eigenvalue weighted by molar-refractivity contribution is 9.10. The minimum absolute atomic E-state index is 0.113. The number of ether oxygens (including phenoxy) is 1. The molecule has 1 amide bonds. The number of carbonyl (C=O) groups is 1. The van der Waals surface area contributed by atoms with Crippen LogP contribution in [0.2, 0.25) is 0 Å². The Morgan fingerprint density at radius 1 is 1.23 bits per heavy atom. The molecule has 2 aromatic carbocycles. The molecule has 0 saturated carbocycles. The molecular weight excluding hydrogens is 342 g/mol. The molecule has 0 aliphatic carbocycles. The molecule has 0 aliphatic heterocycles. The first-order valence-corrected chi connectivity index (χ1v) is 7.81. The van der Waals surface area contributed by atoms with Crippen LogP contribution < -0.4 is 10.1 Å². The summed E-state index contributed by atoms with van der Waals surface area (Å²) >= 11 is 3.41. The molecule has 0 unspecified atom stereocenters. The van der Waals surface area contributed by atoms with Crippen LogP contribution in [0.15, 0.2) is 59.1 Å². The van der Waals surface area contributed by atoms with E-state index in [0.29, 0.717) is 6.54 Å². The predicted molar refractivity (Wildman–Crippen MR) is 92.9 cm³/mol. The highest BCUT2D eigenvalue weighted by atomic mass is 79.9. The van der Waals surface area contributed by atoms with Crippen LogP contribution in [0.5, 0.6) is 5.75 Å².